The average molecular weight is 443 g/mol. The van der Waals surface area contributed by atoms with Crippen molar-refractivity contribution in [3.05, 3.63) is 71.8 Å². The van der Waals surface area contributed by atoms with E-state index in [0.29, 0.717) is 43.0 Å². The van der Waals surface area contributed by atoms with Crippen molar-refractivity contribution in [2.24, 2.45) is 5.92 Å². The summed E-state index contributed by atoms with van der Waals surface area (Å²) in [7, 11) is 0. The number of aliphatic hydroxyl groups is 1. The molecule has 4 rings (SSSR count). The molecule has 3 aromatic rings. The number of halogens is 3. The fourth-order valence-electron chi connectivity index (χ4n) is 3.85. The molecule has 2 N–H and O–H groups in total. The van der Waals surface area contributed by atoms with E-state index in [2.05, 4.69) is 5.32 Å². The maximum Gasteiger partial charge on any atom is 0.416 e. The van der Waals surface area contributed by atoms with E-state index in [1.54, 1.807) is 30.3 Å². The SMILES string of the molecule is C[C@@H](CCC(=O)c1ccc2c(Oc3ccc(C(F)(F)F)cc3)cccc2c1)C1(O)CNC1. The van der Waals surface area contributed by atoms with Gasteiger partial charge in [-0.2, -0.15) is 13.2 Å². The Morgan fingerprint density at radius 2 is 1.84 bits per heavy atom. The maximum atomic E-state index is 12.8. The fraction of sp³-hybridized carbons (Fsp3) is 0.320. The van der Waals surface area contributed by atoms with Gasteiger partial charge >= 0.3 is 6.18 Å². The average Bonchev–Trinajstić information content (AvgIpc) is 2.75. The normalized spacial score (nSPS) is 16.4. The van der Waals surface area contributed by atoms with Gasteiger partial charge in [-0.15, -0.1) is 0 Å². The van der Waals surface area contributed by atoms with Crippen LogP contribution < -0.4 is 10.1 Å². The molecule has 1 atom stereocenters. The Morgan fingerprint density at radius 1 is 1.12 bits per heavy atom. The van der Waals surface area contributed by atoms with Crippen LogP contribution in [0.5, 0.6) is 11.5 Å². The van der Waals surface area contributed by atoms with Crippen molar-refractivity contribution in [2.75, 3.05) is 13.1 Å². The van der Waals surface area contributed by atoms with Gasteiger partial charge in [0.25, 0.3) is 0 Å². The van der Waals surface area contributed by atoms with Crippen molar-refractivity contribution in [1.29, 1.82) is 0 Å². The van der Waals surface area contributed by atoms with Gasteiger partial charge in [-0.3, -0.25) is 4.79 Å². The summed E-state index contributed by atoms with van der Waals surface area (Å²) in [6.45, 7) is 3.07. The number of β-amino-alcohol motifs (C(OH)–C–C–N with tert-alkyl or cyclic N) is 1. The first-order valence-electron chi connectivity index (χ1n) is 10.5. The highest BCUT2D eigenvalue weighted by atomic mass is 19.4. The van der Waals surface area contributed by atoms with Crippen LogP contribution >= 0.6 is 0 Å². The Morgan fingerprint density at radius 3 is 2.47 bits per heavy atom. The molecule has 1 heterocycles. The van der Waals surface area contributed by atoms with E-state index < -0.39 is 17.3 Å². The summed E-state index contributed by atoms with van der Waals surface area (Å²) in [5.41, 5.74) is -0.884. The second kappa shape index (κ2) is 8.56. The number of rotatable bonds is 7. The lowest BCUT2D eigenvalue weighted by molar-refractivity contribution is -0.137. The molecule has 0 saturated carbocycles. The third-order valence-corrected chi connectivity index (χ3v) is 6.16. The smallest absolute Gasteiger partial charge is 0.416 e. The van der Waals surface area contributed by atoms with Crippen LogP contribution in [-0.4, -0.2) is 29.6 Å². The molecule has 0 bridgehead atoms. The van der Waals surface area contributed by atoms with E-state index in [4.69, 9.17) is 4.74 Å². The molecule has 0 aliphatic carbocycles. The fourth-order valence-corrected chi connectivity index (χ4v) is 3.85. The number of carbonyl (C=O) groups excluding carboxylic acids is 1. The number of carbonyl (C=O) groups is 1. The zero-order valence-electron chi connectivity index (χ0n) is 17.6. The van der Waals surface area contributed by atoms with Gasteiger partial charge in [-0.05, 0) is 60.2 Å². The Hall–Kier alpha value is -2.90. The van der Waals surface area contributed by atoms with Crippen molar-refractivity contribution in [3.8, 4) is 11.5 Å². The number of fused-ring (bicyclic) bond motifs is 1. The molecule has 1 aliphatic heterocycles. The van der Waals surface area contributed by atoms with Crippen molar-refractivity contribution in [1.82, 2.24) is 5.32 Å². The zero-order valence-corrected chi connectivity index (χ0v) is 17.6. The topological polar surface area (TPSA) is 58.6 Å². The predicted octanol–water partition coefficient (Wildman–Crippen LogP) is 5.58. The second-order valence-corrected chi connectivity index (χ2v) is 8.39. The van der Waals surface area contributed by atoms with E-state index in [1.807, 2.05) is 13.0 Å². The molecule has 0 aromatic heterocycles. The third-order valence-electron chi connectivity index (χ3n) is 6.16. The van der Waals surface area contributed by atoms with Crippen LogP contribution in [0.2, 0.25) is 0 Å². The molecule has 0 spiro atoms. The number of ketones is 1. The monoisotopic (exact) mass is 443 g/mol. The van der Waals surface area contributed by atoms with E-state index in [-0.39, 0.29) is 11.7 Å². The molecule has 1 saturated heterocycles. The summed E-state index contributed by atoms with van der Waals surface area (Å²) in [6, 6.07) is 15.2. The maximum absolute atomic E-state index is 12.8. The van der Waals surface area contributed by atoms with Crippen LogP contribution in [0.1, 0.15) is 35.7 Å². The Bertz CT molecular complexity index is 1120. The van der Waals surface area contributed by atoms with Gasteiger partial charge in [-0.25, -0.2) is 0 Å². The minimum Gasteiger partial charge on any atom is -0.457 e. The number of alkyl halides is 3. The highest BCUT2D eigenvalue weighted by Crippen LogP contribution is 2.34. The van der Waals surface area contributed by atoms with Crippen LogP contribution in [-0.2, 0) is 6.18 Å². The summed E-state index contributed by atoms with van der Waals surface area (Å²) in [5, 5.41) is 15.0. The van der Waals surface area contributed by atoms with Crippen LogP contribution in [0.4, 0.5) is 13.2 Å². The standard InChI is InChI=1S/C25H24F3NO3/c1-16(24(31)14-29-15-24)5-12-22(30)18-6-11-21-17(13-18)3-2-4-23(21)32-20-9-7-19(8-10-20)25(26,27)28/h2-4,6-11,13,16,29,31H,5,12,14-15H2,1H3/t16-/m0/s1. The minimum atomic E-state index is -4.40. The van der Waals surface area contributed by atoms with Gasteiger partial charge in [0.15, 0.2) is 5.78 Å². The van der Waals surface area contributed by atoms with Gasteiger partial charge < -0.3 is 15.2 Å². The summed E-state index contributed by atoms with van der Waals surface area (Å²) >= 11 is 0. The highest BCUT2D eigenvalue weighted by molar-refractivity contribution is 6.01. The minimum absolute atomic E-state index is 0.00342. The molecule has 1 fully saturated rings. The quantitative estimate of drug-likeness (QED) is 0.468. The van der Waals surface area contributed by atoms with Gasteiger partial charge in [0.2, 0.25) is 0 Å². The van der Waals surface area contributed by atoms with Crippen LogP contribution in [0.15, 0.2) is 60.7 Å². The predicted molar refractivity (Wildman–Crippen MR) is 116 cm³/mol. The molecule has 0 amide bonds. The molecule has 0 radical (unpaired) electrons. The zero-order chi connectivity index (χ0) is 22.9. The van der Waals surface area contributed by atoms with Gasteiger partial charge in [0.05, 0.1) is 11.2 Å². The van der Waals surface area contributed by atoms with Crippen LogP contribution in [0.3, 0.4) is 0 Å². The Balaban J connectivity index is 1.48. The lowest BCUT2D eigenvalue weighted by Gasteiger charge is -2.42. The van der Waals surface area contributed by atoms with Crippen molar-refractivity contribution < 1.29 is 27.8 Å². The number of ether oxygens (including phenoxy) is 1. The van der Waals surface area contributed by atoms with Crippen molar-refractivity contribution in [3.63, 3.8) is 0 Å². The lowest BCUT2D eigenvalue weighted by Crippen LogP contribution is -2.63. The largest absolute Gasteiger partial charge is 0.457 e. The first kappa shape index (κ1) is 22.3. The number of hydrogen-bond acceptors (Lipinski definition) is 4. The van der Waals surface area contributed by atoms with E-state index in [0.717, 1.165) is 22.9 Å². The molecular weight excluding hydrogens is 419 g/mol. The van der Waals surface area contributed by atoms with E-state index in [9.17, 15) is 23.1 Å². The van der Waals surface area contributed by atoms with Crippen molar-refractivity contribution in [2.45, 2.75) is 31.5 Å². The molecule has 32 heavy (non-hydrogen) atoms. The molecule has 168 valence electrons. The molecule has 1 aliphatic rings. The van der Waals surface area contributed by atoms with E-state index in [1.165, 1.54) is 12.1 Å². The molecule has 3 aromatic carbocycles. The first-order chi connectivity index (χ1) is 15.2. The number of benzene rings is 3. The number of Topliss-reactive ketones (excluding diaryl/α,β-unsaturated/α-hetero) is 1. The molecule has 4 nitrogen and oxygen atoms in total. The summed E-state index contributed by atoms with van der Waals surface area (Å²) < 4.78 is 44.1. The summed E-state index contributed by atoms with van der Waals surface area (Å²) in [5.74, 6) is 0.818. The Labute approximate surface area is 184 Å². The van der Waals surface area contributed by atoms with E-state index >= 15 is 0 Å². The summed E-state index contributed by atoms with van der Waals surface area (Å²) in [4.78, 5) is 12.7. The van der Waals surface area contributed by atoms with Gasteiger partial charge in [-0.1, -0.05) is 25.1 Å². The number of hydrogen-bond donors (Lipinski definition) is 2. The van der Waals surface area contributed by atoms with Crippen LogP contribution in [0.25, 0.3) is 10.8 Å². The van der Waals surface area contributed by atoms with Gasteiger partial charge in [0.1, 0.15) is 11.5 Å². The number of nitrogens with one attached hydrogen (secondary N) is 1. The molecule has 7 heteroatoms. The lowest BCUT2D eigenvalue weighted by atomic mass is 9.80. The van der Waals surface area contributed by atoms with Gasteiger partial charge in [0, 0.05) is 30.5 Å². The highest BCUT2D eigenvalue weighted by Gasteiger charge is 2.39. The Kier molecular flexibility index (Phi) is 5.97. The second-order valence-electron chi connectivity index (χ2n) is 8.39. The van der Waals surface area contributed by atoms with Crippen molar-refractivity contribution >= 4 is 16.6 Å². The van der Waals surface area contributed by atoms with Crippen LogP contribution in [0, 0.1) is 5.92 Å². The molecule has 0 unspecified atom stereocenters. The first-order valence-corrected chi connectivity index (χ1v) is 10.5. The third kappa shape index (κ3) is 4.64. The summed E-state index contributed by atoms with van der Waals surface area (Å²) in [6.07, 6.45) is -3.45. The molecular formula is C25H24F3NO3.